The van der Waals surface area contributed by atoms with E-state index in [-0.39, 0.29) is 119 Å². The van der Waals surface area contributed by atoms with Gasteiger partial charge in [0.05, 0.1) is 2.43 Å². The number of hydrogen-bond acceptors (Lipinski definition) is 11. The fourth-order valence-electron chi connectivity index (χ4n) is 12.7. The molecule has 0 radical (unpaired) electrons. The number of nitrogen functional groups attached to an aromatic ring is 1. The number of aromatic nitrogens is 11. The van der Waals surface area contributed by atoms with Crippen molar-refractivity contribution in [3.63, 3.8) is 0 Å². The second-order valence-electron chi connectivity index (χ2n) is 29.3. The second-order valence-corrected chi connectivity index (χ2v) is 175. The molecular weight excluding hydrogens is 2580 g/mol. The van der Waals surface area contributed by atoms with Crippen LogP contribution in [0.2, 0.25) is 15.5 Å². The first-order valence-electron chi connectivity index (χ1n) is 40.2. The molecular formula is C78H134Cl3I2N14P35. The molecule has 726 valence electrons. The van der Waals surface area contributed by atoms with Crippen molar-refractivity contribution in [3.8, 4) is 17.5 Å². The van der Waals surface area contributed by atoms with Crippen LogP contribution in [0.1, 0.15) is 143 Å². The highest BCUT2D eigenvalue weighted by atomic mass is 127. The molecule has 22 unspecified atom stereocenters. The Hall–Kier alpha value is 7.82. The zero-order valence-corrected chi connectivity index (χ0v) is 119. The maximum atomic E-state index is 5.96. The maximum Gasteiger partial charge on any atom is 0.137 e. The molecule has 14 nitrogen and oxygen atoms in total. The SMILES string of the molecule is C.CCCCN(C)c1cccc(Cc2cc(C)cc(-n3c(C)ccc3C)n2)n1.CCCCN(C)c1cccc(Cc2cc(C)cc(N)n2)n1.Cc1cc(C)nc(-n2c(C)ccc2C)c1.Cc1cc(Cc2cccc(Cl)n2)nc(-n2c(C)ccc2C)c1.Clc1cccc(Cl)n1.ICI.PPP(P)P(P(P(P)P)P(P)P)P(P(P(P)P)P(P)P)P(P(P(P)P)P(P)P)P(P(P)P)P(P)P. The first-order valence-corrected chi connectivity index (χ1v) is 108. The van der Waals surface area contributed by atoms with Crippen molar-refractivity contribution in [2.75, 3.05) is 45.2 Å². The van der Waals surface area contributed by atoms with Crippen molar-refractivity contribution in [1.82, 2.24) is 53.6 Å². The van der Waals surface area contributed by atoms with Gasteiger partial charge in [-0.05, 0) is 357 Å². The lowest BCUT2D eigenvalue weighted by Gasteiger charge is -2.54. The van der Waals surface area contributed by atoms with Gasteiger partial charge in [-0.2, -0.15) is 0 Å². The van der Waals surface area contributed by atoms with Gasteiger partial charge in [0.1, 0.15) is 50.4 Å². The van der Waals surface area contributed by atoms with E-state index >= 15 is 0 Å². The van der Waals surface area contributed by atoms with Crippen LogP contribution in [0, 0.1) is 76.2 Å². The Bertz CT molecular complexity index is 5110. The van der Waals surface area contributed by atoms with Crippen LogP contribution in [0.5, 0.6) is 0 Å². The molecule has 0 amide bonds. The number of nitrogens with zero attached hydrogens (tertiary/aromatic N) is 13. The second kappa shape index (κ2) is 70.2. The van der Waals surface area contributed by atoms with Crippen LogP contribution in [0.15, 0.2) is 158 Å². The summed E-state index contributed by atoms with van der Waals surface area (Å²) in [7, 11) is 65.4. The van der Waals surface area contributed by atoms with Crippen molar-refractivity contribution < 1.29 is 0 Å². The van der Waals surface area contributed by atoms with Gasteiger partial charge >= 0.3 is 0 Å². The predicted octanol–water partition coefficient (Wildman–Crippen LogP) is 40.8. The van der Waals surface area contributed by atoms with Gasteiger partial charge in [0.15, 0.2) is 0 Å². The summed E-state index contributed by atoms with van der Waals surface area (Å²) < 4.78 is 7.75. The van der Waals surface area contributed by atoms with Crippen molar-refractivity contribution in [2.45, 2.75) is 142 Å². The number of anilines is 3. The van der Waals surface area contributed by atoms with Crippen LogP contribution < -0.4 is 15.5 Å². The van der Waals surface area contributed by atoms with E-state index < -0.39 is 0 Å². The minimum Gasteiger partial charge on any atom is -0.384 e. The molecule has 11 rings (SSSR count). The molecule has 0 bridgehead atoms. The molecule has 0 fully saturated rings. The lowest BCUT2D eigenvalue weighted by Crippen LogP contribution is -2.19. The van der Waals surface area contributed by atoms with Crippen molar-refractivity contribution in [2.24, 2.45) is 0 Å². The summed E-state index contributed by atoms with van der Waals surface area (Å²) in [5, 5.41) is 1.37. The molecule has 11 heterocycles. The number of aryl methyl sites for hydroxylation is 11. The van der Waals surface area contributed by atoms with E-state index in [1.165, 1.54) is 79.0 Å². The van der Waals surface area contributed by atoms with Gasteiger partial charge in [-0.1, -0.05) is 146 Å². The molecule has 0 aromatic carbocycles. The average Bonchev–Trinajstić information content (AvgIpc) is 0.978. The summed E-state index contributed by atoms with van der Waals surface area (Å²) in [6.45, 7) is 28.9. The minimum absolute atomic E-state index is 0. The molecule has 0 aliphatic rings. The van der Waals surface area contributed by atoms with Gasteiger partial charge in [-0.25, -0.2) is 39.9 Å². The van der Waals surface area contributed by atoms with E-state index in [0.717, 1.165) is 102 Å². The Kier molecular flexibility index (Phi) is 70.2. The Morgan fingerprint density at radius 3 is 0.902 bits per heavy atom. The third-order valence-corrected chi connectivity index (χ3v) is 254. The molecule has 0 aliphatic heterocycles. The Labute approximate surface area is 895 Å². The molecule has 54 heteroatoms. The third kappa shape index (κ3) is 46.0. The predicted molar refractivity (Wildman–Crippen MR) is 722 cm³/mol. The lowest BCUT2D eigenvalue weighted by atomic mass is 10.1. The Balaban J connectivity index is 0.000000340. The summed E-state index contributed by atoms with van der Waals surface area (Å²) in [5.41, 5.74) is 24.9. The highest BCUT2D eigenvalue weighted by molar-refractivity contribution is 14.2. The topological polar surface area (TPSA) is 150 Å². The number of unbranched alkanes of at least 4 members (excludes halogenated alkanes) is 2. The van der Waals surface area contributed by atoms with Crippen LogP contribution in [0.25, 0.3) is 17.5 Å². The highest BCUT2D eigenvalue weighted by Gasteiger charge is 2.53. The maximum absolute atomic E-state index is 5.96. The fourth-order valence-corrected chi connectivity index (χ4v) is 483. The number of alkyl halides is 2. The molecule has 0 spiro atoms. The van der Waals surface area contributed by atoms with Crippen LogP contribution >= 0.6 is 360 Å². The number of rotatable bonds is 33. The molecule has 22 atom stereocenters. The van der Waals surface area contributed by atoms with Crippen molar-refractivity contribution in [3.05, 3.63) is 269 Å². The van der Waals surface area contributed by atoms with Crippen LogP contribution in [0.3, 0.4) is 0 Å². The standard InChI is InChI=1S/C23H30N4.C18H18ClN3.C17H24N4.C13H16N2.C5H3Cl2N.CH2I2.CH4.H37P35/c1-6-7-13-26(5)22-10-8-9-20(24-22)16-21-14-17(2)15-23(25-21)27-18(3)11-12-19(27)4;1-12-9-16(11-15-5-4-6-17(19)20-15)21-18(10-12)22-13(2)7-8-14(22)3;1-4-5-9-21(3)17-8-6-7-14(20-17)12-15-10-13(2)11-16(18)19-15;1-9-7-10(2)14-13(8-9)15-11(3)5-6-12(15)4;6-4-2-1-3-5(7)8-4;2-1-3;;1-19-28(18)33(29(20(2)3)21(4)5)35(32(26(14)15)27(16)17)34(30(22(6)7)23(8)9)31(24(10)11)25(12)13/h8-12,14-15H,6-7,13,16H2,1-5H3;4-10H,11H2,1-3H3;6-8,10-11H,4-5,9,12H2,1-3H3,(H2,18,19);5-8H,1-4H3;1-3H;1H2;1H4;19H,1-18H2. The Morgan fingerprint density at radius 2 is 0.614 bits per heavy atom. The lowest BCUT2D eigenvalue weighted by molar-refractivity contribution is 0.757. The average molecular weight is 2710 g/mol. The first kappa shape index (κ1) is 132. The fraction of sp³-hybridized carbons (Fsp3) is 0.333. The van der Waals surface area contributed by atoms with Gasteiger partial charge in [0.25, 0.3) is 0 Å². The zero-order chi connectivity index (χ0) is 98.0. The van der Waals surface area contributed by atoms with Gasteiger partial charge in [-0.15, -0.1) is 161 Å². The molecule has 0 aliphatic carbocycles. The molecule has 0 saturated heterocycles. The van der Waals surface area contributed by atoms with Crippen molar-refractivity contribution in [1.29, 1.82) is 0 Å². The normalized spacial score (nSPS) is 12.1. The molecule has 0 saturated carbocycles. The monoisotopic (exact) mass is 2710 g/mol. The van der Waals surface area contributed by atoms with Crippen molar-refractivity contribution >= 4 is 378 Å². The molecule has 11 aromatic heterocycles. The summed E-state index contributed by atoms with van der Waals surface area (Å²) >= 11 is 21.4. The van der Waals surface area contributed by atoms with E-state index in [9.17, 15) is 0 Å². The molecule has 11 aromatic rings. The Morgan fingerprint density at radius 1 is 0.341 bits per heavy atom. The summed E-state index contributed by atoms with van der Waals surface area (Å²) in [6.07, 6.45) is 6.87. The van der Waals surface area contributed by atoms with Crippen LogP contribution in [-0.2, 0) is 19.3 Å². The van der Waals surface area contributed by atoms with E-state index in [1.807, 2.05) is 38.1 Å². The van der Waals surface area contributed by atoms with Gasteiger partial charge in [0.2, 0.25) is 0 Å². The van der Waals surface area contributed by atoms with E-state index in [4.69, 9.17) is 60.5 Å². The number of hydrogen-bond donors (Lipinski definition) is 1. The van der Waals surface area contributed by atoms with Crippen LogP contribution in [-0.4, -0.2) is 83.2 Å². The summed E-state index contributed by atoms with van der Waals surface area (Å²) in [4.78, 5) is 40.7. The number of halogens is 5. The smallest absolute Gasteiger partial charge is 0.137 e. The van der Waals surface area contributed by atoms with E-state index in [2.05, 4.69) is 449 Å². The van der Waals surface area contributed by atoms with E-state index in [1.54, 1.807) is 24.3 Å². The summed E-state index contributed by atoms with van der Waals surface area (Å²) in [6, 6.07) is 52.6. The van der Waals surface area contributed by atoms with Gasteiger partial charge in [0, 0.05) is 120 Å². The van der Waals surface area contributed by atoms with Crippen LogP contribution in [0.4, 0.5) is 17.5 Å². The number of pyridine rings is 8. The largest absolute Gasteiger partial charge is 0.384 e. The number of nitrogens with two attached hydrogens (primary N) is 1. The molecule has 132 heavy (non-hydrogen) atoms. The first-order chi connectivity index (χ1) is 61.8. The van der Waals surface area contributed by atoms with E-state index in [0.29, 0.717) is 34.1 Å². The summed E-state index contributed by atoms with van der Waals surface area (Å²) in [5.74, 6) is 5.58. The molecule has 2 N–H and O–H groups in total. The highest BCUT2D eigenvalue weighted by Crippen LogP contribution is 3.40. The quantitative estimate of drug-likeness (QED) is 0.0181. The van der Waals surface area contributed by atoms with Gasteiger partial charge < -0.3 is 29.2 Å². The zero-order valence-electron chi connectivity index (χ0n) is 76.4. The minimum atomic E-state index is -0.0908. The van der Waals surface area contributed by atoms with Gasteiger partial charge in [-0.3, -0.25) is 0 Å². The third-order valence-electron chi connectivity index (χ3n) is 18.2.